The van der Waals surface area contributed by atoms with E-state index in [1.54, 1.807) is 12.1 Å². The summed E-state index contributed by atoms with van der Waals surface area (Å²) in [6.07, 6.45) is 3.70. The Balaban J connectivity index is 1.95. The molecular formula is C13H16Cl2N2O. The Labute approximate surface area is 117 Å². The van der Waals surface area contributed by atoms with Gasteiger partial charge in [0.1, 0.15) is 10.3 Å². The molecule has 1 aromatic heterocycles. The van der Waals surface area contributed by atoms with Crippen molar-refractivity contribution in [2.75, 3.05) is 6.54 Å². The van der Waals surface area contributed by atoms with Gasteiger partial charge in [0.2, 0.25) is 0 Å². The van der Waals surface area contributed by atoms with Crippen LogP contribution in [0.4, 0.5) is 0 Å². The Morgan fingerprint density at radius 2 is 2.22 bits per heavy atom. The third-order valence-electron chi connectivity index (χ3n) is 3.62. The molecule has 5 heteroatoms. The molecule has 1 aromatic rings. The number of aromatic nitrogens is 1. The molecule has 0 saturated heterocycles. The fraction of sp³-hybridized carbons (Fsp3) is 0.538. The molecule has 1 heterocycles. The summed E-state index contributed by atoms with van der Waals surface area (Å²) in [5.41, 5.74) is 0.381. The monoisotopic (exact) mass is 286 g/mol. The molecule has 0 radical (unpaired) electrons. The minimum atomic E-state index is -0.178. The van der Waals surface area contributed by atoms with Crippen molar-refractivity contribution in [1.82, 2.24) is 10.3 Å². The highest BCUT2D eigenvalue weighted by Crippen LogP contribution is 2.30. The van der Waals surface area contributed by atoms with E-state index in [1.165, 1.54) is 19.3 Å². The predicted molar refractivity (Wildman–Crippen MR) is 73.1 cm³/mol. The number of carbonyl (C=O) groups is 1. The van der Waals surface area contributed by atoms with Crippen LogP contribution in [0.5, 0.6) is 0 Å². The van der Waals surface area contributed by atoms with E-state index in [0.29, 0.717) is 29.1 Å². The van der Waals surface area contributed by atoms with Gasteiger partial charge in [0.05, 0.1) is 5.56 Å². The van der Waals surface area contributed by atoms with Crippen molar-refractivity contribution in [2.24, 2.45) is 11.8 Å². The van der Waals surface area contributed by atoms with E-state index >= 15 is 0 Å². The quantitative estimate of drug-likeness (QED) is 0.864. The molecule has 2 rings (SSSR count). The Kier molecular flexibility index (Phi) is 4.46. The molecule has 1 aliphatic carbocycles. The number of hydrogen-bond acceptors (Lipinski definition) is 2. The number of halogens is 2. The average Bonchev–Trinajstić information content (AvgIpc) is 2.72. The molecule has 0 bridgehead atoms. The first-order valence-corrected chi connectivity index (χ1v) is 6.93. The molecule has 18 heavy (non-hydrogen) atoms. The molecule has 1 amide bonds. The van der Waals surface area contributed by atoms with Gasteiger partial charge in [-0.2, -0.15) is 0 Å². The van der Waals surface area contributed by atoms with E-state index in [-0.39, 0.29) is 11.1 Å². The Hall–Kier alpha value is -0.800. The lowest BCUT2D eigenvalue weighted by molar-refractivity contribution is 0.0944. The third kappa shape index (κ3) is 3.15. The Bertz CT molecular complexity index is 451. The number of carbonyl (C=O) groups excluding carboxylic acids is 1. The van der Waals surface area contributed by atoms with Gasteiger partial charge >= 0.3 is 0 Å². The topological polar surface area (TPSA) is 42.0 Å². The normalized spacial score (nSPS) is 23.1. The van der Waals surface area contributed by atoms with Crippen molar-refractivity contribution in [3.05, 3.63) is 28.0 Å². The first-order valence-electron chi connectivity index (χ1n) is 6.18. The summed E-state index contributed by atoms with van der Waals surface area (Å²) in [6.45, 7) is 2.94. The summed E-state index contributed by atoms with van der Waals surface area (Å²) in [7, 11) is 0. The lowest BCUT2D eigenvalue weighted by Gasteiger charge is -2.16. The highest BCUT2D eigenvalue weighted by Gasteiger charge is 2.24. The van der Waals surface area contributed by atoms with Gasteiger partial charge in [-0.15, -0.1) is 0 Å². The number of nitrogens with zero attached hydrogens (tertiary/aromatic N) is 1. The number of rotatable bonds is 3. The van der Waals surface area contributed by atoms with Gasteiger partial charge in [0.25, 0.3) is 5.91 Å². The van der Waals surface area contributed by atoms with Crippen LogP contribution >= 0.6 is 23.2 Å². The summed E-state index contributed by atoms with van der Waals surface area (Å²) in [5, 5.41) is 3.37. The van der Waals surface area contributed by atoms with Crippen molar-refractivity contribution in [2.45, 2.75) is 26.2 Å². The average molecular weight is 287 g/mol. The molecule has 2 unspecified atom stereocenters. The molecule has 0 aromatic carbocycles. The van der Waals surface area contributed by atoms with Gasteiger partial charge in [0, 0.05) is 6.54 Å². The molecule has 0 aliphatic heterocycles. The number of hydrogen-bond donors (Lipinski definition) is 1. The first-order chi connectivity index (χ1) is 8.58. The third-order valence-corrected chi connectivity index (χ3v) is 4.12. The van der Waals surface area contributed by atoms with E-state index in [2.05, 4.69) is 17.2 Å². The van der Waals surface area contributed by atoms with Crippen LogP contribution in [0.3, 0.4) is 0 Å². The number of nitrogens with one attached hydrogen (secondary N) is 1. The summed E-state index contributed by atoms with van der Waals surface area (Å²) in [6, 6.07) is 3.17. The summed E-state index contributed by atoms with van der Waals surface area (Å²) < 4.78 is 0. The van der Waals surface area contributed by atoms with Crippen LogP contribution in [0.15, 0.2) is 12.1 Å². The number of amides is 1. The van der Waals surface area contributed by atoms with Crippen molar-refractivity contribution in [1.29, 1.82) is 0 Å². The highest BCUT2D eigenvalue weighted by molar-refractivity contribution is 6.34. The summed E-state index contributed by atoms with van der Waals surface area (Å²) >= 11 is 11.6. The lowest BCUT2D eigenvalue weighted by Crippen LogP contribution is -2.30. The van der Waals surface area contributed by atoms with Crippen molar-refractivity contribution in [3.63, 3.8) is 0 Å². The van der Waals surface area contributed by atoms with E-state index in [4.69, 9.17) is 23.2 Å². The largest absolute Gasteiger partial charge is 0.352 e. The molecule has 1 saturated carbocycles. The fourth-order valence-corrected chi connectivity index (χ4v) is 2.86. The molecule has 0 spiro atoms. The molecule has 3 nitrogen and oxygen atoms in total. The summed E-state index contributed by atoms with van der Waals surface area (Å²) in [4.78, 5) is 15.8. The SMILES string of the molecule is CC1CCCC1CNC(=O)c1ccc(Cl)nc1Cl. The Morgan fingerprint density at radius 1 is 1.44 bits per heavy atom. The van der Waals surface area contributed by atoms with Gasteiger partial charge in [-0.25, -0.2) is 4.98 Å². The molecule has 1 fully saturated rings. The molecule has 1 N–H and O–H groups in total. The summed E-state index contributed by atoms with van der Waals surface area (Å²) in [5.74, 6) is 1.08. The zero-order valence-corrected chi connectivity index (χ0v) is 11.8. The smallest absolute Gasteiger partial charge is 0.254 e. The van der Waals surface area contributed by atoms with E-state index < -0.39 is 0 Å². The van der Waals surface area contributed by atoms with Gasteiger partial charge < -0.3 is 5.32 Å². The second-order valence-electron chi connectivity index (χ2n) is 4.85. The zero-order valence-electron chi connectivity index (χ0n) is 10.2. The van der Waals surface area contributed by atoms with E-state index in [0.717, 1.165) is 0 Å². The fourth-order valence-electron chi connectivity index (χ4n) is 2.43. The van der Waals surface area contributed by atoms with E-state index in [1.807, 2.05) is 0 Å². The van der Waals surface area contributed by atoms with Crippen LogP contribution in [0.1, 0.15) is 36.5 Å². The second-order valence-corrected chi connectivity index (χ2v) is 5.60. The van der Waals surface area contributed by atoms with Crippen LogP contribution in [-0.4, -0.2) is 17.4 Å². The van der Waals surface area contributed by atoms with Gasteiger partial charge in [-0.05, 0) is 30.4 Å². The predicted octanol–water partition coefficient (Wildman–Crippen LogP) is 3.55. The van der Waals surface area contributed by atoms with Crippen LogP contribution in [0.25, 0.3) is 0 Å². The minimum absolute atomic E-state index is 0.152. The number of pyridine rings is 1. The molecule has 1 aliphatic rings. The van der Waals surface area contributed by atoms with Gasteiger partial charge in [-0.3, -0.25) is 4.79 Å². The van der Waals surface area contributed by atoms with Crippen LogP contribution < -0.4 is 5.32 Å². The second kappa shape index (κ2) is 5.89. The van der Waals surface area contributed by atoms with Crippen molar-refractivity contribution >= 4 is 29.1 Å². The van der Waals surface area contributed by atoms with Crippen LogP contribution in [0.2, 0.25) is 10.3 Å². The molecular weight excluding hydrogens is 271 g/mol. The molecule has 2 atom stereocenters. The maximum atomic E-state index is 12.0. The first kappa shape index (κ1) is 13.6. The minimum Gasteiger partial charge on any atom is -0.352 e. The van der Waals surface area contributed by atoms with E-state index in [9.17, 15) is 4.79 Å². The van der Waals surface area contributed by atoms with Crippen LogP contribution in [-0.2, 0) is 0 Å². The van der Waals surface area contributed by atoms with Gasteiger partial charge in [-0.1, -0.05) is 43.0 Å². The van der Waals surface area contributed by atoms with Crippen molar-refractivity contribution < 1.29 is 4.79 Å². The highest BCUT2D eigenvalue weighted by atomic mass is 35.5. The standard InChI is InChI=1S/C13H16Cl2N2O/c1-8-3-2-4-9(8)7-16-13(18)10-5-6-11(14)17-12(10)15/h5-6,8-9H,2-4,7H2,1H3,(H,16,18). The van der Waals surface area contributed by atoms with Gasteiger partial charge in [0.15, 0.2) is 0 Å². The van der Waals surface area contributed by atoms with Crippen LogP contribution in [0, 0.1) is 11.8 Å². The molecule has 98 valence electrons. The maximum Gasteiger partial charge on any atom is 0.254 e. The Morgan fingerprint density at radius 3 is 2.83 bits per heavy atom. The van der Waals surface area contributed by atoms with Crippen molar-refractivity contribution in [3.8, 4) is 0 Å². The maximum absolute atomic E-state index is 12.0. The lowest BCUT2D eigenvalue weighted by atomic mass is 9.98. The zero-order chi connectivity index (χ0) is 13.1.